The van der Waals surface area contributed by atoms with Gasteiger partial charge in [0.2, 0.25) is 5.91 Å². The molecule has 0 aromatic heterocycles. The van der Waals surface area contributed by atoms with Crippen LogP contribution in [0.5, 0.6) is 0 Å². The van der Waals surface area contributed by atoms with Crippen molar-refractivity contribution in [2.75, 3.05) is 0 Å². The maximum atomic E-state index is 10.5. The van der Waals surface area contributed by atoms with Crippen molar-refractivity contribution in [2.24, 2.45) is 17.6 Å². The highest BCUT2D eigenvalue weighted by molar-refractivity contribution is 5.77. The highest BCUT2D eigenvalue weighted by atomic mass is 16.4. The molecule has 0 fully saturated rings. The summed E-state index contributed by atoms with van der Waals surface area (Å²) in [5.41, 5.74) is 4.95. The first kappa shape index (κ1) is 9.94. The third-order valence-corrected chi connectivity index (χ3v) is 1.61. The molecule has 0 saturated carbocycles. The van der Waals surface area contributed by atoms with E-state index in [1.54, 1.807) is 13.8 Å². The van der Waals surface area contributed by atoms with Gasteiger partial charge in [0.05, 0.1) is 5.92 Å². The molecule has 0 saturated heterocycles. The van der Waals surface area contributed by atoms with E-state index in [2.05, 4.69) is 0 Å². The van der Waals surface area contributed by atoms with E-state index in [1.165, 1.54) is 0 Å². The predicted octanol–water partition coefficient (Wildman–Crippen LogP) is 0.219. The van der Waals surface area contributed by atoms with Gasteiger partial charge in [-0.2, -0.15) is 0 Å². The molecule has 64 valence electrons. The third-order valence-electron chi connectivity index (χ3n) is 1.61. The molecule has 3 N–H and O–H groups in total. The summed E-state index contributed by atoms with van der Waals surface area (Å²) < 4.78 is 0. The molecule has 0 spiro atoms. The minimum Gasteiger partial charge on any atom is -0.481 e. The van der Waals surface area contributed by atoms with E-state index in [1.807, 2.05) is 0 Å². The Balaban J connectivity index is 3.84. The summed E-state index contributed by atoms with van der Waals surface area (Å²) in [6, 6.07) is 0. The average molecular weight is 159 g/mol. The smallest absolute Gasteiger partial charge is 0.306 e. The second kappa shape index (κ2) is 3.95. The van der Waals surface area contributed by atoms with Crippen LogP contribution in [0.3, 0.4) is 0 Å². The van der Waals surface area contributed by atoms with E-state index >= 15 is 0 Å². The molecule has 0 aromatic carbocycles. The minimum absolute atomic E-state index is 0.310. The molecular formula is C7H13NO3. The molecule has 0 aliphatic rings. The molecule has 0 rings (SSSR count). The van der Waals surface area contributed by atoms with Crippen molar-refractivity contribution >= 4 is 11.9 Å². The van der Waals surface area contributed by atoms with Gasteiger partial charge in [-0.25, -0.2) is 0 Å². The second-order valence-electron chi connectivity index (χ2n) is 2.78. The van der Waals surface area contributed by atoms with Crippen LogP contribution in [0.15, 0.2) is 0 Å². The summed E-state index contributed by atoms with van der Waals surface area (Å²) in [7, 11) is 0. The highest BCUT2D eigenvalue weighted by Crippen LogP contribution is 2.10. The van der Waals surface area contributed by atoms with Crippen molar-refractivity contribution in [3.63, 3.8) is 0 Å². The Hall–Kier alpha value is -1.06. The number of hydrogen-bond donors (Lipinski definition) is 2. The van der Waals surface area contributed by atoms with Crippen molar-refractivity contribution in [2.45, 2.75) is 20.3 Å². The SMILES string of the molecule is C[C@H](C[C@H](C)C(=O)O)C(N)=O. The number of aliphatic carboxylic acids is 1. The van der Waals surface area contributed by atoms with Gasteiger partial charge in [-0.05, 0) is 6.42 Å². The van der Waals surface area contributed by atoms with Crippen LogP contribution in [0.4, 0.5) is 0 Å². The van der Waals surface area contributed by atoms with Gasteiger partial charge < -0.3 is 10.8 Å². The lowest BCUT2D eigenvalue weighted by molar-refractivity contribution is -0.141. The Morgan fingerprint density at radius 1 is 1.36 bits per heavy atom. The van der Waals surface area contributed by atoms with Gasteiger partial charge in [0.1, 0.15) is 0 Å². The molecule has 4 heteroatoms. The standard InChI is InChI=1S/C7H13NO3/c1-4(6(8)9)3-5(2)7(10)11/h4-5H,3H2,1-2H3,(H2,8,9)(H,10,11)/t4-,5+/m1/s1. The van der Waals surface area contributed by atoms with Gasteiger partial charge in [-0.1, -0.05) is 13.8 Å². The van der Waals surface area contributed by atoms with E-state index in [-0.39, 0.29) is 5.92 Å². The Labute approximate surface area is 65.4 Å². The zero-order valence-corrected chi connectivity index (χ0v) is 6.70. The number of nitrogens with two attached hydrogens (primary N) is 1. The van der Waals surface area contributed by atoms with E-state index in [0.29, 0.717) is 6.42 Å². The molecule has 0 bridgehead atoms. The zero-order valence-electron chi connectivity index (χ0n) is 6.70. The van der Waals surface area contributed by atoms with Crippen LogP contribution < -0.4 is 5.73 Å². The maximum Gasteiger partial charge on any atom is 0.306 e. The summed E-state index contributed by atoms with van der Waals surface area (Å²) in [6.45, 7) is 3.18. The number of rotatable bonds is 4. The van der Waals surface area contributed by atoms with Crippen LogP contribution in [0, 0.1) is 11.8 Å². The van der Waals surface area contributed by atoms with E-state index in [4.69, 9.17) is 10.8 Å². The summed E-state index contributed by atoms with van der Waals surface area (Å²) in [4.78, 5) is 20.8. The summed E-state index contributed by atoms with van der Waals surface area (Å²) in [6.07, 6.45) is 0.310. The number of carbonyl (C=O) groups excluding carboxylic acids is 1. The molecule has 1 amide bonds. The lowest BCUT2D eigenvalue weighted by atomic mass is 9.97. The van der Waals surface area contributed by atoms with Gasteiger partial charge in [0, 0.05) is 5.92 Å². The Morgan fingerprint density at radius 3 is 2.09 bits per heavy atom. The molecule has 0 radical (unpaired) electrons. The van der Waals surface area contributed by atoms with Crippen molar-refractivity contribution in [1.82, 2.24) is 0 Å². The minimum atomic E-state index is -0.891. The van der Waals surface area contributed by atoms with Gasteiger partial charge >= 0.3 is 5.97 Å². The van der Waals surface area contributed by atoms with Crippen LogP contribution in [0.25, 0.3) is 0 Å². The van der Waals surface area contributed by atoms with Crippen molar-refractivity contribution in [3.8, 4) is 0 Å². The number of carboxylic acids is 1. The average Bonchev–Trinajstić information content (AvgIpc) is 1.87. The number of amides is 1. The first-order valence-electron chi connectivity index (χ1n) is 3.47. The molecular weight excluding hydrogens is 146 g/mol. The molecule has 0 heterocycles. The van der Waals surface area contributed by atoms with Crippen LogP contribution in [-0.4, -0.2) is 17.0 Å². The highest BCUT2D eigenvalue weighted by Gasteiger charge is 2.17. The van der Waals surface area contributed by atoms with E-state index in [0.717, 1.165) is 0 Å². The lowest BCUT2D eigenvalue weighted by Gasteiger charge is -2.09. The molecule has 4 nitrogen and oxygen atoms in total. The molecule has 11 heavy (non-hydrogen) atoms. The summed E-state index contributed by atoms with van der Waals surface area (Å²) in [5.74, 6) is -2.20. The fraction of sp³-hybridized carbons (Fsp3) is 0.714. The van der Waals surface area contributed by atoms with E-state index in [9.17, 15) is 9.59 Å². The van der Waals surface area contributed by atoms with Crippen molar-refractivity contribution < 1.29 is 14.7 Å². The number of carboxylic acid groups (broad SMARTS) is 1. The monoisotopic (exact) mass is 159 g/mol. The second-order valence-corrected chi connectivity index (χ2v) is 2.78. The Morgan fingerprint density at radius 2 is 1.82 bits per heavy atom. The van der Waals surface area contributed by atoms with Gasteiger partial charge in [-0.15, -0.1) is 0 Å². The molecule has 0 unspecified atom stereocenters. The zero-order chi connectivity index (χ0) is 9.02. The van der Waals surface area contributed by atoms with Gasteiger partial charge in [-0.3, -0.25) is 9.59 Å². The van der Waals surface area contributed by atoms with Crippen LogP contribution in [-0.2, 0) is 9.59 Å². The van der Waals surface area contributed by atoms with Gasteiger partial charge in [0.25, 0.3) is 0 Å². The Bertz CT molecular complexity index is 149. The van der Waals surface area contributed by atoms with Crippen molar-refractivity contribution in [3.05, 3.63) is 0 Å². The fourth-order valence-electron chi connectivity index (χ4n) is 0.747. The molecule has 0 aromatic rings. The largest absolute Gasteiger partial charge is 0.481 e. The van der Waals surface area contributed by atoms with Gasteiger partial charge in [0.15, 0.2) is 0 Å². The normalized spacial score (nSPS) is 15.5. The quantitative estimate of drug-likeness (QED) is 0.615. The van der Waals surface area contributed by atoms with Crippen LogP contribution in [0.2, 0.25) is 0 Å². The maximum absolute atomic E-state index is 10.5. The third kappa shape index (κ3) is 3.60. The van der Waals surface area contributed by atoms with Crippen molar-refractivity contribution in [1.29, 1.82) is 0 Å². The number of carbonyl (C=O) groups is 2. The number of hydrogen-bond acceptors (Lipinski definition) is 2. The molecule has 2 atom stereocenters. The van der Waals surface area contributed by atoms with E-state index < -0.39 is 17.8 Å². The Kier molecular flexibility index (Phi) is 3.57. The molecule has 0 aliphatic heterocycles. The van der Waals surface area contributed by atoms with Crippen LogP contribution in [0.1, 0.15) is 20.3 Å². The summed E-state index contributed by atoms with van der Waals surface area (Å²) in [5, 5.41) is 8.46. The fourth-order valence-corrected chi connectivity index (χ4v) is 0.747. The number of primary amides is 1. The molecule has 0 aliphatic carbocycles. The van der Waals surface area contributed by atoms with Crippen LogP contribution >= 0.6 is 0 Å². The first-order chi connectivity index (χ1) is 4.95. The first-order valence-corrected chi connectivity index (χ1v) is 3.47. The predicted molar refractivity (Wildman–Crippen MR) is 39.8 cm³/mol. The topological polar surface area (TPSA) is 80.4 Å². The summed E-state index contributed by atoms with van der Waals surface area (Å²) >= 11 is 0. The lowest BCUT2D eigenvalue weighted by Crippen LogP contribution is -2.24.